The van der Waals surface area contributed by atoms with Crippen LogP contribution in [-0.2, 0) is 4.74 Å². The number of rotatable bonds is 2. The first-order chi connectivity index (χ1) is 10.1. The van der Waals surface area contributed by atoms with Gasteiger partial charge in [0, 0.05) is 23.9 Å². The van der Waals surface area contributed by atoms with Crippen LogP contribution in [0.4, 0.5) is 0 Å². The Morgan fingerprint density at radius 1 is 1.48 bits per heavy atom. The summed E-state index contributed by atoms with van der Waals surface area (Å²) in [6, 6.07) is 2.10. The maximum Gasteiger partial charge on any atom is 0.360 e. The van der Waals surface area contributed by atoms with Gasteiger partial charge in [-0.15, -0.1) is 0 Å². The fraction of sp³-hybridized carbons (Fsp3) is 0.400. The molecule has 0 amide bonds. The minimum atomic E-state index is -0.491. The Morgan fingerprint density at radius 2 is 2.24 bits per heavy atom. The van der Waals surface area contributed by atoms with Crippen molar-refractivity contribution in [2.45, 2.75) is 32.7 Å². The molecule has 6 heteroatoms. The number of nitrogens with zero attached hydrogens (tertiary/aromatic N) is 3. The Bertz CT molecular complexity index is 711. The van der Waals surface area contributed by atoms with E-state index in [1.165, 1.54) is 5.56 Å². The van der Waals surface area contributed by atoms with Crippen molar-refractivity contribution < 1.29 is 9.53 Å². The minimum absolute atomic E-state index is 0.107. The Morgan fingerprint density at radius 3 is 2.95 bits per heavy atom. The standard InChI is InChI=1S/C15H16ClN3O2/c1-4-21-15(20)13-12(16)14-11-7-17-6-5-10(11)8(2)9(3)19(14)18-13/h5-9H,4H2,1-3H3. The number of halogens is 1. The van der Waals surface area contributed by atoms with Gasteiger partial charge >= 0.3 is 5.97 Å². The Hall–Kier alpha value is -1.88. The highest BCUT2D eigenvalue weighted by molar-refractivity contribution is 6.36. The van der Waals surface area contributed by atoms with Crippen LogP contribution >= 0.6 is 11.6 Å². The van der Waals surface area contributed by atoms with Crippen LogP contribution in [0.5, 0.6) is 0 Å². The Labute approximate surface area is 127 Å². The molecule has 0 saturated carbocycles. The van der Waals surface area contributed by atoms with Crippen molar-refractivity contribution >= 4 is 17.6 Å². The molecular weight excluding hydrogens is 290 g/mol. The summed E-state index contributed by atoms with van der Waals surface area (Å²) in [7, 11) is 0. The number of hydrogen-bond donors (Lipinski definition) is 0. The third kappa shape index (κ3) is 2.03. The normalized spacial score (nSPS) is 19.8. The molecule has 21 heavy (non-hydrogen) atoms. The molecular formula is C15H16ClN3O2. The summed E-state index contributed by atoms with van der Waals surface area (Å²) in [5.74, 6) is -0.226. The van der Waals surface area contributed by atoms with Crippen molar-refractivity contribution in [3.05, 3.63) is 34.7 Å². The second kappa shape index (κ2) is 5.15. The quantitative estimate of drug-likeness (QED) is 0.797. The molecule has 2 atom stereocenters. The smallest absolute Gasteiger partial charge is 0.360 e. The van der Waals surface area contributed by atoms with E-state index in [0.29, 0.717) is 11.6 Å². The van der Waals surface area contributed by atoms with Gasteiger partial charge in [-0.25, -0.2) is 4.79 Å². The molecule has 3 rings (SSSR count). The number of carbonyl (C=O) groups is 1. The predicted octanol–water partition coefficient (Wildman–Crippen LogP) is 3.45. The number of hydrogen-bond acceptors (Lipinski definition) is 4. The highest BCUT2D eigenvalue weighted by Crippen LogP contribution is 2.45. The van der Waals surface area contributed by atoms with Crippen LogP contribution in [0.2, 0.25) is 5.02 Å². The lowest BCUT2D eigenvalue weighted by molar-refractivity contribution is 0.0518. The van der Waals surface area contributed by atoms with Gasteiger partial charge in [-0.3, -0.25) is 9.67 Å². The molecule has 0 radical (unpaired) electrons. The zero-order valence-corrected chi connectivity index (χ0v) is 12.9. The van der Waals surface area contributed by atoms with Crippen molar-refractivity contribution in [2.75, 3.05) is 6.61 Å². The lowest BCUT2D eigenvalue weighted by atomic mass is 9.87. The molecule has 2 unspecified atom stereocenters. The summed E-state index contributed by atoms with van der Waals surface area (Å²) in [6.45, 7) is 6.25. The monoisotopic (exact) mass is 305 g/mol. The van der Waals surface area contributed by atoms with E-state index in [9.17, 15) is 4.79 Å². The fourth-order valence-electron chi connectivity index (χ4n) is 2.75. The molecule has 3 heterocycles. The van der Waals surface area contributed by atoms with Crippen LogP contribution in [0.1, 0.15) is 48.8 Å². The molecule has 110 valence electrons. The van der Waals surface area contributed by atoms with E-state index in [-0.39, 0.29) is 17.7 Å². The lowest BCUT2D eigenvalue weighted by Gasteiger charge is -2.29. The van der Waals surface area contributed by atoms with Crippen LogP contribution in [0, 0.1) is 0 Å². The summed E-state index contributed by atoms with van der Waals surface area (Å²) in [5, 5.41) is 4.72. The maximum atomic E-state index is 12.0. The third-order valence-corrected chi connectivity index (χ3v) is 4.39. The van der Waals surface area contributed by atoms with Gasteiger partial charge in [-0.05, 0) is 25.5 Å². The zero-order chi connectivity index (χ0) is 15.1. The lowest BCUT2D eigenvalue weighted by Crippen LogP contribution is -2.21. The van der Waals surface area contributed by atoms with Crippen molar-refractivity contribution in [2.24, 2.45) is 0 Å². The van der Waals surface area contributed by atoms with Crippen molar-refractivity contribution in [1.29, 1.82) is 0 Å². The third-order valence-electron chi connectivity index (χ3n) is 4.03. The first-order valence-corrected chi connectivity index (χ1v) is 7.33. The molecule has 0 aromatic carbocycles. The van der Waals surface area contributed by atoms with Crippen molar-refractivity contribution in [1.82, 2.24) is 14.8 Å². The first-order valence-electron chi connectivity index (χ1n) is 6.95. The van der Waals surface area contributed by atoms with E-state index in [1.807, 2.05) is 10.7 Å². The number of aromatic nitrogens is 3. The van der Waals surface area contributed by atoms with E-state index in [4.69, 9.17) is 16.3 Å². The summed E-state index contributed by atoms with van der Waals surface area (Å²) >= 11 is 6.40. The summed E-state index contributed by atoms with van der Waals surface area (Å²) in [4.78, 5) is 16.2. The summed E-state index contributed by atoms with van der Waals surface area (Å²) in [5.41, 5.74) is 3.01. The number of pyridine rings is 1. The maximum absolute atomic E-state index is 12.0. The Kier molecular flexibility index (Phi) is 3.45. The van der Waals surface area contributed by atoms with E-state index >= 15 is 0 Å². The fourth-order valence-corrected chi connectivity index (χ4v) is 3.06. The highest BCUT2D eigenvalue weighted by atomic mass is 35.5. The van der Waals surface area contributed by atoms with Gasteiger partial charge in [0.05, 0.1) is 18.3 Å². The largest absolute Gasteiger partial charge is 0.461 e. The molecule has 0 N–H and O–H groups in total. The number of carbonyl (C=O) groups excluding carboxylic acids is 1. The molecule has 1 aliphatic heterocycles. The van der Waals surface area contributed by atoms with Gasteiger partial charge in [0.15, 0.2) is 5.69 Å². The van der Waals surface area contributed by atoms with Crippen LogP contribution in [0.3, 0.4) is 0 Å². The second-order valence-corrected chi connectivity index (χ2v) is 5.55. The van der Waals surface area contributed by atoms with Crippen LogP contribution in [-0.4, -0.2) is 27.3 Å². The zero-order valence-electron chi connectivity index (χ0n) is 12.1. The predicted molar refractivity (Wildman–Crippen MR) is 79.6 cm³/mol. The molecule has 0 saturated heterocycles. The van der Waals surface area contributed by atoms with Gasteiger partial charge in [0.2, 0.25) is 0 Å². The number of fused-ring (bicyclic) bond motifs is 3. The molecule has 1 aliphatic rings. The van der Waals surface area contributed by atoms with Gasteiger partial charge in [0.25, 0.3) is 0 Å². The second-order valence-electron chi connectivity index (χ2n) is 5.17. The van der Waals surface area contributed by atoms with Crippen LogP contribution in [0.25, 0.3) is 11.3 Å². The van der Waals surface area contributed by atoms with E-state index in [2.05, 4.69) is 23.9 Å². The minimum Gasteiger partial charge on any atom is -0.461 e. The number of esters is 1. The van der Waals surface area contributed by atoms with Gasteiger partial charge in [0.1, 0.15) is 5.02 Å². The SMILES string of the molecule is CCOC(=O)c1nn2c(c1Cl)-c1cnccc1C(C)C2C. The molecule has 5 nitrogen and oxygen atoms in total. The van der Waals surface area contributed by atoms with Gasteiger partial charge < -0.3 is 4.74 Å². The van der Waals surface area contributed by atoms with E-state index < -0.39 is 5.97 Å². The molecule has 0 aliphatic carbocycles. The van der Waals surface area contributed by atoms with Crippen LogP contribution < -0.4 is 0 Å². The molecule has 2 aromatic rings. The van der Waals surface area contributed by atoms with E-state index in [1.54, 1.807) is 19.3 Å². The van der Waals surface area contributed by atoms with E-state index in [0.717, 1.165) is 11.3 Å². The van der Waals surface area contributed by atoms with Gasteiger partial charge in [-0.1, -0.05) is 18.5 Å². The van der Waals surface area contributed by atoms with Crippen molar-refractivity contribution in [3.63, 3.8) is 0 Å². The highest BCUT2D eigenvalue weighted by Gasteiger charge is 2.34. The topological polar surface area (TPSA) is 57.0 Å². The van der Waals surface area contributed by atoms with Crippen LogP contribution in [0.15, 0.2) is 18.5 Å². The molecule has 2 aromatic heterocycles. The average Bonchev–Trinajstić information content (AvgIpc) is 2.83. The average molecular weight is 306 g/mol. The van der Waals surface area contributed by atoms with Gasteiger partial charge in [-0.2, -0.15) is 5.10 Å². The first kappa shape index (κ1) is 14.1. The van der Waals surface area contributed by atoms with Crippen molar-refractivity contribution in [3.8, 4) is 11.3 Å². The molecule has 0 spiro atoms. The molecule has 0 bridgehead atoms. The Balaban J connectivity index is 2.22. The number of ether oxygens (including phenoxy) is 1. The molecule has 0 fully saturated rings. The summed E-state index contributed by atoms with van der Waals surface area (Å²) in [6.07, 6.45) is 3.54. The summed E-state index contributed by atoms with van der Waals surface area (Å²) < 4.78 is 6.83.